The molecular formula is C18H19NO3S. The molecule has 1 aliphatic rings. The predicted molar refractivity (Wildman–Crippen MR) is 93.5 cm³/mol. The SMILES string of the molecule is C=c1c(C(=O)OC)c(O)/c(=C\C2CCCS2)n1-c1ccccc1. The number of methoxy groups -OCH3 is 1. The van der Waals surface area contributed by atoms with Crippen LogP contribution < -0.4 is 10.7 Å². The summed E-state index contributed by atoms with van der Waals surface area (Å²) >= 11 is 1.86. The molecule has 23 heavy (non-hydrogen) atoms. The average molecular weight is 329 g/mol. The number of aromatic hydroxyl groups is 1. The van der Waals surface area contributed by atoms with E-state index >= 15 is 0 Å². The third-order valence-electron chi connectivity index (χ3n) is 3.99. The number of rotatable bonds is 3. The Morgan fingerprint density at radius 1 is 1.43 bits per heavy atom. The molecule has 1 N–H and O–H groups in total. The fraction of sp³-hybridized carbons (Fsp3) is 0.278. The first-order valence-electron chi connectivity index (χ1n) is 7.53. The van der Waals surface area contributed by atoms with Crippen molar-refractivity contribution in [2.45, 2.75) is 18.1 Å². The van der Waals surface area contributed by atoms with E-state index in [1.165, 1.54) is 13.5 Å². The molecule has 2 heterocycles. The number of para-hydroxylation sites is 1. The maximum atomic E-state index is 12.0. The second kappa shape index (κ2) is 6.54. The van der Waals surface area contributed by atoms with Gasteiger partial charge in [0.05, 0.1) is 17.8 Å². The summed E-state index contributed by atoms with van der Waals surface area (Å²) in [6, 6.07) is 9.60. The minimum absolute atomic E-state index is 0.0572. The van der Waals surface area contributed by atoms with Gasteiger partial charge >= 0.3 is 5.97 Å². The molecule has 0 bridgehead atoms. The number of thioether (sulfide) groups is 1. The molecule has 0 saturated carbocycles. The summed E-state index contributed by atoms with van der Waals surface area (Å²) in [5.74, 6) is 0.490. The van der Waals surface area contributed by atoms with Crippen molar-refractivity contribution >= 4 is 30.4 Å². The van der Waals surface area contributed by atoms with Crippen LogP contribution in [0.25, 0.3) is 18.3 Å². The molecule has 0 spiro atoms. The van der Waals surface area contributed by atoms with E-state index in [0.29, 0.717) is 15.9 Å². The molecule has 0 aliphatic carbocycles. The highest BCUT2D eigenvalue weighted by atomic mass is 32.2. The number of hydrogen-bond acceptors (Lipinski definition) is 4. The minimum Gasteiger partial charge on any atom is -0.505 e. The lowest BCUT2D eigenvalue weighted by Crippen LogP contribution is -2.26. The van der Waals surface area contributed by atoms with E-state index in [2.05, 4.69) is 6.58 Å². The normalized spacial score (nSPS) is 18.3. The Bertz CT molecular complexity index is 820. The smallest absolute Gasteiger partial charge is 0.343 e. The third-order valence-corrected chi connectivity index (χ3v) is 5.32. The molecule has 0 radical (unpaired) electrons. The van der Waals surface area contributed by atoms with Crippen molar-refractivity contribution in [2.75, 3.05) is 12.9 Å². The number of aromatic nitrogens is 1. The van der Waals surface area contributed by atoms with Crippen molar-refractivity contribution in [3.05, 3.63) is 46.6 Å². The van der Waals surface area contributed by atoms with Crippen LogP contribution in [0, 0.1) is 0 Å². The van der Waals surface area contributed by atoms with Crippen LogP contribution >= 0.6 is 11.8 Å². The lowest BCUT2D eigenvalue weighted by Gasteiger charge is -2.06. The van der Waals surface area contributed by atoms with Crippen molar-refractivity contribution in [3.8, 4) is 11.4 Å². The quantitative estimate of drug-likeness (QED) is 0.876. The second-order valence-corrected chi connectivity index (χ2v) is 6.78. The largest absolute Gasteiger partial charge is 0.505 e. The van der Waals surface area contributed by atoms with Crippen molar-refractivity contribution in [3.63, 3.8) is 0 Å². The number of benzene rings is 1. The molecule has 1 saturated heterocycles. The number of carbonyl (C=O) groups excluding carboxylic acids is 1. The Balaban J connectivity index is 2.28. The van der Waals surface area contributed by atoms with Crippen LogP contribution in [0.5, 0.6) is 5.75 Å². The summed E-state index contributed by atoms with van der Waals surface area (Å²) < 4.78 is 6.62. The monoisotopic (exact) mass is 329 g/mol. The zero-order valence-electron chi connectivity index (χ0n) is 13.0. The molecular weight excluding hydrogens is 310 g/mol. The van der Waals surface area contributed by atoms with E-state index in [1.54, 1.807) is 0 Å². The summed E-state index contributed by atoms with van der Waals surface area (Å²) in [5.41, 5.74) is 0.989. The molecule has 4 nitrogen and oxygen atoms in total. The van der Waals surface area contributed by atoms with Gasteiger partial charge in [-0.3, -0.25) is 0 Å². The first kappa shape index (κ1) is 15.7. The number of carbonyl (C=O) groups is 1. The van der Waals surface area contributed by atoms with Gasteiger partial charge in [0, 0.05) is 10.9 Å². The van der Waals surface area contributed by atoms with Gasteiger partial charge in [-0.15, -0.1) is 0 Å². The Kier molecular flexibility index (Phi) is 4.48. The van der Waals surface area contributed by atoms with Gasteiger partial charge in [-0.1, -0.05) is 24.8 Å². The molecule has 1 aromatic carbocycles. The molecule has 5 heteroatoms. The standard InChI is InChI=1S/C18H19NO3S/c1-12-16(18(21)22-2)17(20)15(11-14-9-6-10-23-14)19(12)13-7-4-3-5-8-13/h3-5,7-8,11,14,20H,1,6,9-10H2,2H3/b15-11+. The van der Waals surface area contributed by atoms with E-state index in [9.17, 15) is 9.90 Å². The number of hydrogen-bond donors (Lipinski definition) is 1. The molecule has 1 atom stereocenters. The van der Waals surface area contributed by atoms with Gasteiger partial charge in [0.15, 0.2) is 5.75 Å². The van der Waals surface area contributed by atoms with Crippen LogP contribution in [0.4, 0.5) is 0 Å². The lowest BCUT2D eigenvalue weighted by molar-refractivity contribution is 0.0596. The summed E-state index contributed by atoms with van der Waals surface area (Å²) in [7, 11) is 1.30. The summed E-state index contributed by atoms with van der Waals surface area (Å²) in [6.07, 6.45) is 4.27. The van der Waals surface area contributed by atoms with Crippen molar-refractivity contribution in [1.82, 2.24) is 4.57 Å². The second-order valence-electron chi connectivity index (χ2n) is 5.44. The van der Waals surface area contributed by atoms with Crippen LogP contribution in [0.2, 0.25) is 0 Å². The first-order chi connectivity index (χ1) is 11.1. The Labute approximate surface area is 139 Å². The van der Waals surface area contributed by atoms with Gasteiger partial charge in [-0.25, -0.2) is 4.79 Å². The molecule has 1 aliphatic heterocycles. The lowest BCUT2D eigenvalue weighted by atomic mass is 10.2. The maximum absolute atomic E-state index is 12.0. The first-order valence-corrected chi connectivity index (χ1v) is 8.58. The molecule has 2 aromatic rings. The van der Waals surface area contributed by atoms with Gasteiger partial charge in [0.25, 0.3) is 0 Å². The predicted octanol–water partition coefficient (Wildman–Crippen LogP) is 2.06. The van der Waals surface area contributed by atoms with Crippen molar-refractivity contribution in [2.24, 2.45) is 0 Å². The van der Waals surface area contributed by atoms with Crippen LogP contribution in [-0.4, -0.2) is 33.8 Å². The summed E-state index contributed by atoms with van der Waals surface area (Å²) in [6.45, 7) is 4.00. The fourth-order valence-corrected chi connectivity index (χ4v) is 4.07. The molecule has 1 aromatic heterocycles. The van der Waals surface area contributed by atoms with Crippen molar-refractivity contribution < 1.29 is 14.6 Å². The fourth-order valence-electron chi connectivity index (χ4n) is 2.88. The molecule has 120 valence electrons. The maximum Gasteiger partial charge on any atom is 0.343 e. The topological polar surface area (TPSA) is 51.5 Å². The van der Waals surface area contributed by atoms with Gasteiger partial charge in [-0.2, -0.15) is 11.8 Å². The zero-order chi connectivity index (χ0) is 16.4. The molecule has 1 unspecified atom stereocenters. The van der Waals surface area contributed by atoms with E-state index in [0.717, 1.165) is 17.9 Å². The van der Waals surface area contributed by atoms with E-state index < -0.39 is 5.97 Å². The zero-order valence-corrected chi connectivity index (χ0v) is 13.8. The Hall–Kier alpha value is -2.14. The average Bonchev–Trinajstić information content (AvgIpc) is 3.15. The third kappa shape index (κ3) is 2.88. The van der Waals surface area contributed by atoms with Gasteiger partial charge in [-0.05, 0) is 36.8 Å². The number of nitrogens with zero attached hydrogens (tertiary/aromatic N) is 1. The highest BCUT2D eigenvalue weighted by Gasteiger charge is 2.22. The van der Waals surface area contributed by atoms with Gasteiger partial charge < -0.3 is 14.4 Å². The Morgan fingerprint density at radius 3 is 2.78 bits per heavy atom. The van der Waals surface area contributed by atoms with E-state index in [4.69, 9.17) is 4.74 Å². The molecule has 0 amide bonds. The Morgan fingerprint density at radius 2 is 2.17 bits per heavy atom. The highest BCUT2D eigenvalue weighted by Crippen LogP contribution is 2.27. The molecule has 3 rings (SSSR count). The summed E-state index contributed by atoms with van der Waals surface area (Å²) in [5, 5.41) is 12.0. The summed E-state index contributed by atoms with van der Waals surface area (Å²) in [4.78, 5) is 12.0. The van der Waals surface area contributed by atoms with E-state index in [-0.39, 0.29) is 11.3 Å². The van der Waals surface area contributed by atoms with Crippen molar-refractivity contribution in [1.29, 1.82) is 0 Å². The number of esters is 1. The van der Waals surface area contributed by atoms with Crippen LogP contribution in [0.1, 0.15) is 23.2 Å². The minimum atomic E-state index is -0.573. The van der Waals surface area contributed by atoms with Crippen LogP contribution in [0.15, 0.2) is 30.3 Å². The van der Waals surface area contributed by atoms with E-state index in [1.807, 2.05) is 52.7 Å². The van der Waals surface area contributed by atoms with Gasteiger partial charge in [0.1, 0.15) is 5.56 Å². The highest BCUT2D eigenvalue weighted by molar-refractivity contribution is 8.00. The van der Waals surface area contributed by atoms with Crippen LogP contribution in [0.3, 0.4) is 0 Å². The number of ether oxygens (including phenoxy) is 1. The van der Waals surface area contributed by atoms with Gasteiger partial charge in [0.2, 0.25) is 0 Å². The molecule has 1 fully saturated rings. The van der Waals surface area contributed by atoms with Crippen LogP contribution in [-0.2, 0) is 4.74 Å².